The molecule has 0 aliphatic rings. The number of nitrogens with two attached hydrogens (primary N) is 1. The van der Waals surface area contributed by atoms with Gasteiger partial charge >= 0.3 is 5.97 Å². The molecule has 0 fully saturated rings. The first-order chi connectivity index (χ1) is 9.57. The SMILES string of the molecule is [2H]c1c([2H])c([C@@H]([2H])[C@]([2H])(N)C(=O)OCC)c([2H])c(O)c1O. The van der Waals surface area contributed by atoms with Crippen molar-refractivity contribution < 1.29 is 26.6 Å². The van der Waals surface area contributed by atoms with Crippen LogP contribution in [0.3, 0.4) is 0 Å². The van der Waals surface area contributed by atoms with Crippen LogP contribution in [0.4, 0.5) is 0 Å². The predicted molar refractivity (Wildman–Crippen MR) is 58.1 cm³/mol. The van der Waals surface area contributed by atoms with Crippen LogP contribution in [0.1, 0.15) is 19.3 Å². The predicted octanol–water partition coefficient (Wildman–Crippen LogP) is 0.531. The van der Waals surface area contributed by atoms with Crippen LogP contribution in [0.25, 0.3) is 0 Å². The minimum absolute atomic E-state index is 0.0740. The number of rotatable bonds is 4. The molecule has 0 amide bonds. The van der Waals surface area contributed by atoms with Crippen LogP contribution in [0.5, 0.6) is 11.5 Å². The van der Waals surface area contributed by atoms with Crippen LogP contribution >= 0.6 is 0 Å². The fourth-order valence-corrected chi connectivity index (χ4v) is 0.905. The summed E-state index contributed by atoms with van der Waals surface area (Å²) in [4.78, 5) is 11.6. The van der Waals surface area contributed by atoms with Gasteiger partial charge in [0.15, 0.2) is 11.5 Å². The van der Waals surface area contributed by atoms with E-state index in [0.29, 0.717) is 0 Å². The third kappa shape index (κ3) is 3.13. The highest BCUT2D eigenvalue weighted by atomic mass is 16.5. The second-order valence-electron chi connectivity index (χ2n) is 2.81. The van der Waals surface area contributed by atoms with Crippen molar-refractivity contribution in [2.75, 3.05) is 6.61 Å². The van der Waals surface area contributed by atoms with E-state index in [-0.39, 0.29) is 6.61 Å². The Morgan fingerprint density at radius 1 is 1.69 bits per heavy atom. The zero-order chi connectivity index (χ0) is 16.5. The third-order valence-corrected chi connectivity index (χ3v) is 1.60. The van der Waals surface area contributed by atoms with Crippen molar-refractivity contribution in [2.45, 2.75) is 19.3 Å². The summed E-state index contributed by atoms with van der Waals surface area (Å²) in [6, 6.07) is -5.05. The molecule has 0 saturated carbocycles. The maximum absolute atomic E-state index is 11.6. The fraction of sp³-hybridized carbons (Fsp3) is 0.364. The number of aromatic hydroxyl groups is 2. The van der Waals surface area contributed by atoms with Gasteiger partial charge in [0.2, 0.25) is 0 Å². The largest absolute Gasteiger partial charge is 0.504 e. The van der Waals surface area contributed by atoms with E-state index in [1.165, 1.54) is 6.92 Å². The lowest BCUT2D eigenvalue weighted by Gasteiger charge is -2.10. The highest BCUT2D eigenvalue weighted by molar-refractivity contribution is 5.75. The first kappa shape index (κ1) is 6.75. The Kier molecular flexibility index (Phi) is 2.26. The van der Waals surface area contributed by atoms with Gasteiger partial charge in [0.1, 0.15) is 6.02 Å². The summed E-state index contributed by atoms with van der Waals surface area (Å²) in [5.41, 5.74) is 4.82. The van der Waals surface area contributed by atoms with Gasteiger partial charge in [0, 0.05) is 1.37 Å². The molecule has 1 aromatic carbocycles. The molecule has 0 saturated heterocycles. The molecule has 0 aliphatic carbocycles. The van der Waals surface area contributed by atoms with Gasteiger partial charge in [-0.2, -0.15) is 0 Å². The molecule has 0 spiro atoms. The zero-order valence-corrected chi connectivity index (χ0v) is 8.57. The lowest BCUT2D eigenvalue weighted by Crippen LogP contribution is -2.34. The zero-order valence-electron chi connectivity index (χ0n) is 13.6. The van der Waals surface area contributed by atoms with Gasteiger partial charge in [-0.3, -0.25) is 4.79 Å². The Bertz CT molecular complexity index is 549. The number of phenols is 2. The molecule has 5 nitrogen and oxygen atoms in total. The Morgan fingerprint density at radius 3 is 3.00 bits per heavy atom. The van der Waals surface area contributed by atoms with E-state index in [2.05, 4.69) is 4.74 Å². The number of hydrogen-bond acceptors (Lipinski definition) is 5. The topological polar surface area (TPSA) is 92.8 Å². The molecule has 88 valence electrons. The lowest BCUT2D eigenvalue weighted by molar-refractivity contribution is -0.144. The number of esters is 1. The van der Waals surface area contributed by atoms with Crippen LogP contribution in [0.2, 0.25) is 0 Å². The first-order valence-corrected chi connectivity index (χ1v) is 4.47. The molecule has 0 unspecified atom stereocenters. The molecule has 1 aromatic rings. The minimum Gasteiger partial charge on any atom is -0.504 e. The molecule has 0 aliphatic heterocycles. The average molecular weight is 230 g/mol. The van der Waals surface area contributed by atoms with Crippen molar-refractivity contribution in [3.8, 4) is 11.5 Å². The molecular weight excluding hydrogens is 210 g/mol. The Hall–Kier alpha value is -1.75. The van der Waals surface area contributed by atoms with E-state index in [0.717, 1.165) is 0 Å². The Morgan fingerprint density at radius 2 is 2.38 bits per heavy atom. The van der Waals surface area contributed by atoms with Gasteiger partial charge in [-0.15, -0.1) is 0 Å². The highest BCUT2D eigenvalue weighted by Crippen LogP contribution is 2.25. The second kappa shape index (κ2) is 5.37. The molecule has 0 aromatic heterocycles. The summed E-state index contributed by atoms with van der Waals surface area (Å²) >= 11 is 0. The van der Waals surface area contributed by atoms with Crippen molar-refractivity contribution in [2.24, 2.45) is 5.73 Å². The van der Waals surface area contributed by atoms with E-state index in [1.807, 2.05) is 0 Å². The third-order valence-electron chi connectivity index (χ3n) is 1.60. The molecule has 0 bridgehead atoms. The van der Waals surface area contributed by atoms with E-state index in [1.54, 1.807) is 0 Å². The maximum atomic E-state index is 11.6. The van der Waals surface area contributed by atoms with Crippen molar-refractivity contribution in [1.29, 1.82) is 0 Å². The van der Waals surface area contributed by atoms with Gasteiger partial charge in [0.25, 0.3) is 0 Å². The number of hydrogen-bond donors (Lipinski definition) is 3. The number of phenolic OH excluding ortho intramolecular Hbond substituents is 2. The molecular formula is C11H15NO4. The maximum Gasteiger partial charge on any atom is 0.323 e. The van der Waals surface area contributed by atoms with E-state index in [4.69, 9.17) is 12.6 Å². The number of benzene rings is 1. The summed E-state index contributed by atoms with van der Waals surface area (Å²) in [7, 11) is 0. The van der Waals surface area contributed by atoms with Crippen molar-refractivity contribution >= 4 is 5.97 Å². The Labute approximate surface area is 100 Å². The quantitative estimate of drug-likeness (QED) is 0.518. The summed E-state index contributed by atoms with van der Waals surface area (Å²) in [5, 5.41) is 18.9. The summed E-state index contributed by atoms with van der Waals surface area (Å²) in [6.45, 7) is 1.41. The van der Waals surface area contributed by atoms with Crippen molar-refractivity contribution in [1.82, 2.24) is 0 Å². The van der Waals surface area contributed by atoms with Gasteiger partial charge in [-0.1, -0.05) is 6.04 Å². The molecule has 0 heterocycles. The number of carbonyl (C=O) groups excluding carboxylic acids is 1. The summed E-state index contributed by atoms with van der Waals surface area (Å²) in [5.74, 6) is -3.23. The van der Waals surface area contributed by atoms with Gasteiger partial charge < -0.3 is 20.7 Å². The summed E-state index contributed by atoms with van der Waals surface area (Å²) < 4.78 is 42.8. The smallest absolute Gasteiger partial charge is 0.323 e. The molecule has 4 N–H and O–H groups in total. The van der Waals surface area contributed by atoms with Crippen LogP contribution in [0.15, 0.2) is 18.1 Å². The van der Waals surface area contributed by atoms with Crippen molar-refractivity contribution in [3.63, 3.8) is 0 Å². The normalized spacial score (nSPS) is 20.5. The van der Waals surface area contributed by atoms with Crippen LogP contribution in [-0.4, -0.2) is 28.8 Å². The minimum atomic E-state index is -2.63. The fourth-order valence-electron chi connectivity index (χ4n) is 0.905. The monoisotopic (exact) mass is 230 g/mol. The molecule has 1 rings (SSSR count). The molecule has 0 radical (unpaired) electrons. The summed E-state index contributed by atoms with van der Waals surface area (Å²) in [6.07, 6.45) is -1.95. The Balaban J connectivity index is 3.44. The van der Waals surface area contributed by atoms with Crippen LogP contribution < -0.4 is 5.73 Å². The van der Waals surface area contributed by atoms with Gasteiger partial charge in [0.05, 0.1) is 12.1 Å². The van der Waals surface area contributed by atoms with E-state index < -0.39 is 53.6 Å². The number of ether oxygens (including phenoxy) is 1. The molecule has 16 heavy (non-hydrogen) atoms. The lowest BCUT2D eigenvalue weighted by atomic mass is 10.1. The van der Waals surface area contributed by atoms with E-state index in [9.17, 15) is 15.0 Å². The highest BCUT2D eigenvalue weighted by Gasteiger charge is 2.15. The second-order valence-corrected chi connectivity index (χ2v) is 2.81. The molecule has 2 atom stereocenters. The van der Waals surface area contributed by atoms with Crippen LogP contribution in [0, 0.1) is 0 Å². The number of carbonyl (C=O) groups is 1. The standard InChI is InChI=1S/C11H15NO4/c1-2-16-11(15)8(12)5-7-3-4-9(13)10(14)6-7/h3-4,6,8,13-14H,2,5,12H2,1H3/t8-/m0/s1/i3D,4D,5D,6D,8D/t5-,8+/m1. The van der Waals surface area contributed by atoms with E-state index >= 15 is 0 Å². The van der Waals surface area contributed by atoms with Crippen molar-refractivity contribution in [3.05, 3.63) is 23.7 Å². The van der Waals surface area contributed by atoms with Gasteiger partial charge in [-0.25, -0.2) is 0 Å². The first-order valence-electron chi connectivity index (χ1n) is 7.04. The van der Waals surface area contributed by atoms with Crippen LogP contribution in [-0.2, 0) is 15.9 Å². The van der Waals surface area contributed by atoms with Gasteiger partial charge in [-0.05, 0) is 31.0 Å². The average Bonchev–Trinajstić information content (AvgIpc) is 2.43. The molecule has 5 heteroatoms.